The Kier molecular flexibility index (Phi) is 12.6. The van der Waals surface area contributed by atoms with Gasteiger partial charge in [0, 0.05) is 54.7 Å². The molecule has 11 heteroatoms. The largest absolute Gasteiger partial charge is 0.349 e. The van der Waals surface area contributed by atoms with Gasteiger partial charge in [0.25, 0.3) is 5.91 Å². The Morgan fingerprint density at radius 1 is 0.925 bits per heavy atom. The number of rotatable bonds is 13. The maximum atomic E-state index is 15.0. The smallest absolute Gasteiger partial charge is 0.251 e. The third-order valence-electron chi connectivity index (χ3n) is 11.2. The highest BCUT2D eigenvalue weighted by atomic mass is 19.1. The average Bonchev–Trinajstić information content (AvgIpc) is 3.70. The highest BCUT2D eigenvalue weighted by molar-refractivity contribution is 6.01. The van der Waals surface area contributed by atoms with E-state index in [1.807, 2.05) is 49.4 Å². The number of nitrogens with one attached hydrogen (secondary N) is 2. The molecule has 1 saturated heterocycles. The van der Waals surface area contributed by atoms with Crippen molar-refractivity contribution in [3.05, 3.63) is 88.7 Å². The molecule has 0 aromatic heterocycles. The summed E-state index contributed by atoms with van der Waals surface area (Å²) in [6.07, 6.45) is 5.77. The molecule has 3 aromatic rings. The molecule has 1 atom stereocenters. The van der Waals surface area contributed by atoms with Crippen LogP contribution in [0.25, 0.3) is 11.1 Å². The minimum absolute atomic E-state index is 0.0438. The number of amidine groups is 1. The molecule has 0 spiro atoms. The summed E-state index contributed by atoms with van der Waals surface area (Å²) in [4.78, 5) is 47.0. The molecule has 10 nitrogen and oxygen atoms in total. The number of nitrogens with zero attached hydrogens (tertiary/aromatic N) is 4. The van der Waals surface area contributed by atoms with Gasteiger partial charge in [0.05, 0.1) is 5.56 Å². The Morgan fingerprint density at radius 3 is 2.26 bits per heavy atom. The van der Waals surface area contributed by atoms with Gasteiger partial charge in [0.1, 0.15) is 11.6 Å². The molecule has 0 bridgehead atoms. The van der Waals surface area contributed by atoms with Gasteiger partial charge < -0.3 is 21.3 Å². The van der Waals surface area contributed by atoms with E-state index in [-0.39, 0.29) is 54.0 Å². The Hall–Kier alpha value is -4.61. The van der Waals surface area contributed by atoms with Crippen molar-refractivity contribution < 1.29 is 18.8 Å². The van der Waals surface area contributed by atoms with Gasteiger partial charge in [0.15, 0.2) is 12.5 Å². The molecule has 0 unspecified atom stereocenters. The zero-order chi connectivity index (χ0) is 37.5. The van der Waals surface area contributed by atoms with Crippen LogP contribution in [0.4, 0.5) is 10.1 Å². The van der Waals surface area contributed by atoms with E-state index in [4.69, 9.17) is 5.73 Å². The molecule has 4 N–H and O–H groups in total. The summed E-state index contributed by atoms with van der Waals surface area (Å²) in [6, 6.07) is 18.9. The predicted octanol–water partition coefficient (Wildman–Crippen LogP) is 7.10. The van der Waals surface area contributed by atoms with Gasteiger partial charge in [0.2, 0.25) is 5.91 Å². The number of carbonyl (C=O) groups is 3. The molecule has 280 valence electrons. The molecule has 2 amide bonds. The number of likely N-dealkylation sites (tertiary alicyclic amines) is 1. The number of carbonyl (C=O) groups excluding carboxylic acids is 3. The fourth-order valence-corrected chi connectivity index (χ4v) is 7.84. The highest BCUT2D eigenvalue weighted by Gasteiger charge is 2.30. The predicted molar refractivity (Wildman–Crippen MR) is 206 cm³/mol. The van der Waals surface area contributed by atoms with Crippen molar-refractivity contribution >= 4 is 29.1 Å². The number of amides is 2. The molecule has 53 heavy (non-hydrogen) atoms. The van der Waals surface area contributed by atoms with Gasteiger partial charge in [-0.1, -0.05) is 30.3 Å². The van der Waals surface area contributed by atoms with Gasteiger partial charge in [-0.15, -0.1) is 5.11 Å². The van der Waals surface area contributed by atoms with E-state index in [9.17, 15) is 18.8 Å². The Balaban J connectivity index is 1.12. The summed E-state index contributed by atoms with van der Waals surface area (Å²) < 4.78 is 15.0. The van der Waals surface area contributed by atoms with E-state index in [0.29, 0.717) is 36.2 Å². The number of ketones is 1. The number of benzene rings is 3. The molecular formula is C42H52FN7O3. The van der Waals surface area contributed by atoms with Crippen LogP contribution in [0.15, 0.2) is 75.9 Å². The van der Waals surface area contributed by atoms with E-state index in [0.717, 1.165) is 73.9 Å². The van der Waals surface area contributed by atoms with Crippen LogP contribution in [0.1, 0.15) is 85.8 Å². The number of nitrogens with two attached hydrogens (primary N) is 1. The minimum Gasteiger partial charge on any atom is -0.349 e. The monoisotopic (exact) mass is 721 g/mol. The second kappa shape index (κ2) is 17.5. The Bertz CT molecular complexity index is 1840. The minimum atomic E-state index is -0.645. The van der Waals surface area contributed by atoms with Crippen LogP contribution >= 0.6 is 0 Å². The lowest BCUT2D eigenvalue weighted by Crippen LogP contribution is -2.46. The van der Waals surface area contributed by atoms with Crippen LogP contribution in [-0.4, -0.2) is 66.7 Å². The van der Waals surface area contributed by atoms with E-state index in [2.05, 4.69) is 44.6 Å². The first-order valence-electron chi connectivity index (χ1n) is 19.1. The number of aryl methyl sites for hydroxylation is 1. The molecule has 3 aliphatic rings. The van der Waals surface area contributed by atoms with Crippen LogP contribution in [0, 0.1) is 30.5 Å². The van der Waals surface area contributed by atoms with Crippen LogP contribution in [-0.2, 0) is 16.0 Å². The number of hydrogen-bond donors (Lipinski definition) is 3. The zero-order valence-electron chi connectivity index (χ0n) is 31.1. The summed E-state index contributed by atoms with van der Waals surface area (Å²) in [5.41, 5.74) is 11.0. The van der Waals surface area contributed by atoms with Gasteiger partial charge >= 0.3 is 0 Å². The summed E-state index contributed by atoms with van der Waals surface area (Å²) in [5.74, 6) is -0.913. The quantitative estimate of drug-likeness (QED) is 0.173. The topological polar surface area (TPSA) is 142 Å². The molecule has 1 aliphatic carbocycles. The molecule has 2 heterocycles. The number of piperidine rings is 1. The number of halogens is 1. The number of anilines is 1. The number of hydrogen-bond acceptors (Lipinski definition) is 8. The second-order valence-corrected chi connectivity index (χ2v) is 15.2. The van der Waals surface area contributed by atoms with E-state index < -0.39 is 11.7 Å². The van der Waals surface area contributed by atoms with Crippen molar-refractivity contribution in [1.82, 2.24) is 10.2 Å². The van der Waals surface area contributed by atoms with Crippen molar-refractivity contribution in [3.63, 3.8) is 0 Å². The second-order valence-electron chi connectivity index (χ2n) is 15.2. The van der Waals surface area contributed by atoms with Gasteiger partial charge in [-0.25, -0.2) is 9.38 Å². The van der Waals surface area contributed by atoms with Crippen LogP contribution in [0.2, 0.25) is 0 Å². The maximum Gasteiger partial charge on any atom is 0.251 e. The van der Waals surface area contributed by atoms with Gasteiger partial charge in [-0.05, 0) is 131 Å². The third-order valence-corrected chi connectivity index (χ3v) is 11.2. The fraction of sp³-hybridized carbons (Fsp3) is 0.476. The first kappa shape index (κ1) is 38.1. The Morgan fingerprint density at radius 2 is 1.64 bits per heavy atom. The number of azo groups is 1. The fourth-order valence-electron chi connectivity index (χ4n) is 7.84. The lowest BCUT2D eigenvalue weighted by atomic mass is 9.77. The SMILES string of the molecule is Cc1cc(C(=O)NC2CCN(C(C)C)CC2)ccc1-c1ccc(C[C@H](CC(=O)C2CCC(CN)CC2)C(=O)Nc2ccc(C3=NCN=N3)c(F)c2)cc1. The molecule has 1 saturated carbocycles. The van der Waals surface area contributed by atoms with Gasteiger partial charge in [-0.3, -0.25) is 14.4 Å². The molecule has 6 rings (SSSR count). The lowest BCUT2D eigenvalue weighted by Gasteiger charge is -2.34. The highest BCUT2D eigenvalue weighted by Crippen LogP contribution is 2.32. The van der Waals surface area contributed by atoms with Crippen molar-refractivity contribution in [3.8, 4) is 11.1 Å². The summed E-state index contributed by atoms with van der Waals surface area (Å²) >= 11 is 0. The normalized spacial score (nSPS) is 19.9. The first-order valence-corrected chi connectivity index (χ1v) is 19.1. The third kappa shape index (κ3) is 9.69. The van der Waals surface area contributed by atoms with Gasteiger partial charge in [-0.2, -0.15) is 5.11 Å². The van der Waals surface area contributed by atoms with Crippen LogP contribution < -0.4 is 16.4 Å². The van der Waals surface area contributed by atoms with Crippen molar-refractivity contribution in [1.29, 1.82) is 0 Å². The first-order chi connectivity index (χ1) is 25.6. The lowest BCUT2D eigenvalue weighted by molar-refractivity contribution is -0.129. The molecule has 2 fully saturated rings. The van der Waals surface area contributed by atoms with Crippen LogP contribution in [0.5, 0.6) is 0 Å². The molecule has 0 radical (unpaired) electrons. The van der Waals surface area contributed by atoms with E-state index in [1.165, 1.54) is 12.1 Å². The van der Waals surface area contributed by atoms with E-state index in [1.54, 1.807) is 6.07 Å². The number of Topliss-reactive ketones (excluding diaryl/α,β-unsaturated/α-hetero) is 1. The summed E-state index contributed by atoms with van der Waals surface area (Å²) in [7, 11) is 0. The maximum absolute atomic E-state index is 15.0. The average molecular weight is 722 g/mol. The standard InChI is InChI=1S/C42H52FN7O3/c1-26(2)50-18-16-34(17-19-50)47-41(52)32-12-14-36(27(3)20-32)30-8-4-28(5-9-30)21-33(22-39(51)31-10-6-29(24-44)7-11-31)42(53)48-35-13-15-37(38(43)23-35)40-45-25-46-49-40/h4-5,8-9,12-15,20,23,26,29,31,33-34H,6-7,10-11,16-19,21-22,24-25,44H2,1-3H3,(H,47,52)(H,48,53)/t29?,31?,33-/m1/s1. The van der Waals surface area contributed by atoms with E-state index >= 15 is 0 Å². The van der Waals surface area contributed by atoms with Crippen molar-refractivity contribution in [2.45, 2.75) is 84.2 Å². The molecule has 2 aliphatic heterocycles. The molecular weight excluding hydrogens is 670 g/mol. The van der Waals surface area contributed by atoms with Crippen molar-refractivity contribution in [2.75, 3.05) is 31.6 Å². The number of aliphatic imine (C=N–C) groups is 1. The van der Waals surface area contributed by atoms with Crippen LogP contribution in [0.3, 0.4) is 0 Å². The van der Waals surface area contributed by atoms with Crippen molar-refractivity contribution in [2.24, 2.45) is 38.7 Å². The summed E-state index contributed by atoms with van der Waals surface area (Å²) in [6.45, 7) is 9.21. The summed E-state index contributed by atoms with van der Waals surface area (Å²) in [5, 5.41) is 13.7. The Labute approximate surface area is 311 Å². The zero-order valence-corrected chi connectivity index (χ0v) is 31.1. The molecule has 3 aromatic carbocycles.